The van der Waals surface area contributed by atoms with Gasteiger partial charge in [0.05, 0.1) is 11.0 Å². The number of carboxylic acid groups (broad SMARTS) is 1. The monoisotopic (exact) mass is 313 g/mol. The Kier molecular flexibility index (Phi) is 4.11. The molecule has 1 aromatic heterocycles. The summed E-state index contributed by atoms with van der Waals surface area (Å²) in [4.78, 5) is 15.4. The van der Waals surface area contributed by atoms with Crippen LogP contribution in [0.25, 0.3) is 11.0 Å². The first kappa shape index (κ1) is 14.6. The van der Waals surface area contributed by atoms with E-state index in [2.05, 4.69) is 4.98 Å². The molecule has 1 heterocycles. The van der Waals surface area contributed by atoms with Crippen LogP contribution in [-0.4, -0.2) is 15.5 Å². The Morgan fingerprint density at radius 2 is 1.86 bits per heavy atom. The van der Waals surface area contributed by atoms with E-state index in [9.17, 15) is 9.90 Å². The normalized spacial score (nSPS) is 11.0. The number of fused-ring (bicyclic) bond motifs is 1. The second-order valence-electron chi connectivity index (χ2n) is 5.09. The molecule has 0 saturated carbocycles. The molecule has 0 radical (unpaired) electrons. The van der Waals surface area contributed by atoms with Gasteiger partial charge < -0.3 is 14.5 Å². The average Bonchev–Trinajstić information content (AvgIpc) is 2.85. The third kappa shape index (κ3) is 3.12. The maximum Gasteiger partial charge on any atom is 0.114 e. The molecule has 0 atom stereocenters. The molecular formula is C17H14ClN2O2-. The van der Waals surface area contributed by atoms with Gasteiger partial charge in [-0.05, 0) is 29.8 Å². The molecule has 0 aliphatic rings. The van der Waals surface area contributed by atoms with Gasteiger partial charge in [-0.1, -0.05) is 35.9 Å². The lowest BCUT2D eigenvalue weighted by atomic mass is 10.1. The number of para-hydroxylation sites is 2. The van der Waals surface area contributed by atoms with E-state index in [1.54, 1.807) is 0 Å². The van der Waals surface area contributed by atoms with E-state index in [-0.39, 0.29) is 6.42 Å². The summed E-state index contributed by atoms with van der Waals surface area (Å²) in [5, 5.41) is 11.5. The summed E-state index contributed by atoms with van der Waals surface area (Å²) in [6.45, 7) is 0.353. The molecule has 2 aromatic carbocycles. The number of aromatic nitrogens is 2. The molecule has 3 rings (SSSR count). The Morgan fingerprint density at radius 1 is 1.14 bits per heavy atom. The molecule has 4 nitrogen and oxygen atoms in total. The van der Waals surface area contributed by atoms with Gasteiger partial charge in [0.2, 0.25) is 0 Å². The minimum absolute atomic E-state index is 0.0338. The predicted molar refractivity (Wildman–Crippen MR) is 83.6 cm³/mol. The van der Waals surface area contributed by atoms with Crippen molar-refractivity contribution in [1.82, 2.24) is 9.55 Å². The van der Waals surface area contributed by atoms with E-state index in [4.69, 9.17) is 11.6 Å². The Bertz CT molecular complexity index is 809. The summed E-state index contributed by atoms with van der Waals surface area (Å²) < 4.78 is 1.94. The third-order valence-electron chi connectivity index (χ3n) is 3.55. The quantitative estimate of drug-likeness (QED) is 0.727. The molecule has 0 fully saturated rings. The smallest absolute Gasteiger partial charge is 0.114 e. The summed E-state index contributed by atoms with van der Waals surface area (Å²) in [6.07, 6.45) is 0.590. The minimum atomic E-state index is -1.06. The standard InChI is InChI=1S/C17H15ClN2O2/c18-13-7-5-12(6-8-13)11-16-19-14-3-1-2-4-15(14)20(16)10-9-17(21)22/h1-8H,9-11H2,(H,21,22)/p-1. The van der Waals surface area contributed by atoms with Gasteiger partial charge in [0, 0.05) is 30.4 Å². The Morgan fingerprint density at radius 3 is 2.59 bits per heavy atom. The van der Waals surface area contributed by atoms with Gasteiger partial charge >= 0.3 is 0 Å². The van der Waals surface area contributed by atoms with E-state index in [1.807, 2.05) is 53.1 Å². The largest absolute Gasteiger partial charge is 0.550 e. The molecule has 22 heavy (non-hydrogen) atoms. The van der Waals surface area contributed by atoms with Gasteiger partial charge in [0.1, 0.15) is 5.82 Å². The van der Waals surface area contributed by atoms with E-state index < -0.39 is 5.97 Å². The van der Waals surface area contributed by atoms with Gasteiger partial charge in [0.25, 0.3) is 0 Å². The van der Waals surface area contributed by atoms with Crippen molar-refractivity contribution < 1.29 is 9.90 Å². The Balaban J connectivity index is 1.97. The fourth-order valence-corrected chi connectivity index (χ4v) is 2.62. The van der Waals surface area contributed by atoms with Crippen LogP contribution in [0.2, 0.25) is 5.02 Å². The van der Waals surface area contributed by atoms with Gasteiger partial charge in [-0.15, -0.1) is 0 Å². The molecule has 0 aliphatic carbocycles. The maximum atomic E-state index is 10.8. The van der Waals surface area contributed by atoms with Crippen LogP contribution >= 0.6 is 11.6 Å². The minimum Gasteiger partial charge on any atom is -0.550 e. The fourth-order valence-electron chi connectivity index (χ4n) is 2.50. The zero-order valence-corrected chi connectivity index (χ0v) is 12.6. The highest BCUT2D eigenvalue weighted by molar-refractivity contribution is 6.30. The topological polar surface area (TPSA) is 57.9 Å². The average molecular weight is 314 g/mol. The first-order valence-electron chi connectivity index (χ1n) is 7.02. The fraction of sp³-hybridized carbons (Fsp3) is 0.176. The molecule has 112 valence electrons. The van der Waals surface area contributed by atoms with Crippen LogP contribution < -0.4 is 5.11 Å². The highest BCUT2D eigenvalue weighted by Gasteiger charge is 2.11. The number of carbonyl (C=O) groups excluding carboxylic acids is 1. The summed E-state index contributed by atoms with van der Waals surface area (Å²) in [6, 6.07) is 15.3. The van der Waals surface area contributed by atoms with Crippen molar-refractivity contribution in [2.24, 2.45) is 0 Å². The van der Waals surface area contributed by atoms with E-state index in [0.717, 1.165) is 22.4 Å². The first-order valence-corrected chi connectivity index (χ1v) is 7.40. The van der Waals surface area contributed by atoms with Crippen LogP contribution in [0.4, 0.5) is 0 Å². The molecule has 3 aromatic rings. The number of nitrogens with zero attached hydrogens (tertiary/aromatic N) is 2. The molecule has 0 bridgehead atoms. The number of hydrogen-bond donors (Lipinski definition) is 0. The van der Waals surface area contributed by atoms with Crippen molar-refractivity contribution in [3.8, 4) is 0 Å². The van der Waals surface area contributed by atoms with E-state index >= 15 is 0 Å². The molecule has 0 N–H and O–H groups in total. The number of aliphatic carboxylic acids is 1. The molecule has 5 heteroatoms. The molecule has 0 amide bonds. The Hall–Kier alpha value is -2.33. The van der Waals surface area contributed by atoms with Crippen molar-refractivity contribution in [1.29, 1.82) is 0 Å². The number of benzene rings is 2. The van der Waals surface area contributed by atoms with Crippen molar-refractivity contribution in [3.63, 3.8) is 0 Å². The summed E-state index contributed by atoms with van der Waals surface area (Å²) in [7, 11) is 0. The van der Waals surface area contributed by atoms with Crippen molar-refractivity contribution in [2.45, 2.75) is 19.4 Å². The number of halogens is 1. The van der Waals surface area contributed by atoms with Gasteiger partial charge in [-0.25, -0.2) is 4.98 Å². The summed E-state index contributed by atoms with van der Waals surface area (Å²) in [5.74, 6) is -0.222. The zero-order valence-electron chi connectivity index (χ0n) is 11.8. The number of carboxylic acids is 1. The van der Waals surface area contributed by atoms with Gasteiger partial charge in [-0.3, -0.25) is 0 Å². The van der Waals surface area contributed by atoms with Crippen molar-refractivity contribution >= 4 is 28.6 Å². The first-order chi connectivity index (χ1) is 10.6. The lowest BCUT2D eigenvalue weighted by Gasteiger charge is -2.10. The van der Waals surface area contributed by atoms with Crippen LogP contribution in [0.3, 0.4) is 0 Å². The van der Waals surface area contributed by atoms with E-state index in [1.165, 1.54) is 0 Å². The highest BCUT2D eigenvalue weighted by atomic mass is 35.5. The third-order valence-corrected chi connectivity index (χ3v) is 3.80. The van der Waals surface area contributed by atoms with Gasteiger partial charge in [0.15, 0.2) is 0 Å². The number of hydrogen-bond acceptors (Lipinski definition) is 3. The number of imidazole rings is 1. The van der Waals surface area contributed by atoms with Crippen molar-refractivity contribution in [2.75, 3.05) is 0 Å². The summed E-state index contributed by atoms with van der Waals surface area (Å²) >= 11 is 5.90. The lowest BCUT2D eigenvalue weighted by Crippen LogP contribution is -2.24. The lowest BCUT2D eigenvalue weighted by molar-refractivity contribution is -0.305. The molecule has 0 unspecified atom stereocenters. The molecule has 0 aliphatic heterocycles. The van der Waals surface area contributed by atoms with Crippen LogP contribution in [0, 0.1) is 0 Å². The molecule has 0 saturated heterocycles. The second-order valence-corrected chi connectivity index (χ2v) is 5.53. The maximum absolute atomic E-state index is 10.8. The van der Waals surface area contributed by atoms with E-state index in [0.29, 0.717) is 18.0 Å². The number of carbonyl (C=O) groups is 1. The van der Waals surface area contributed by atoms with Gasteiger partial charge in [-0.2, -0.15) is 0 Å². The van der Waals surface area contributed by atoms with Crippen LogP contribution in [0.5, 0.6) is 0 Å². The Labute approximate surface area is 133 Å². The summed E-state index contributed by atoms with van der Waals surface area (Å²) in [5.41, 5.74) is 2.88. The molecule has 0 spiro atoms. The van der Waals surface area contributed by atoms with Crippen LogP contribution in [0.1, 0.15) is 17.8 Å². The van der Waals surface area contributed by atoms with Crippen LogP contribution in [-0.2, 0) is 17.8 Å². The van der Waals surface area contributed by atoms with Crippen molar-refractivity contribution in [3.05, 3.63) is 64.9 Å². The highest BCUT2D eigenvalue weighted by Crippen LogP contribution is 2.20. The zero-order chi connectivity index (χ0) is 15.5. The SMILES string of the molecule is O=C([O-])CCn1c(Cc2ccc(Cl)cc2)nc2ccccc21. The predicted octanol–water partition coefficient (Wildman–Crippen LogP) is 2.42. The van der Waals surface area contributed by atoms with Crippen LogP contribution in [0.15, 0.2) is 48.5 Å². The number of rotatable bonds is 5. The second kappa shape index (κ2) is 6.20. The molecular weight excluding hydrogens is 300 g/mol. The number of aryl methyl sites for hydroxylation is 1.